The van der Waals surface area contributed by atoms with Crippen molar-refractivity contribution in [1.29, 1.82) is 0 Å². The predicted molar refractivity (Wildman–Crippen MR) is 113 cm³/mol. The molecule has 1 aliphatic heterocycles. The molecule has 1 fully saturated rings. The quantitative estimate of drug-likeness (QED) is 0.681. The van der Waals surface area contributed by atoms with Crippen LogP contribution in [0.5, 0.6) is 0 Å². The van der Waals surface area contributed by atoms with Gasteiger partial charge in [-0.2, -0.15) is 5.10 Å². The molecule has 2 heterocycles. The standard InChI is InChI=1S/C21H34N4O3S/c1-5-11-24(18-8-6-7-9-18)21(26)14-23(4)13-20-16(2)22-25(17(20)3)19-10-12-29(27,28)15-19/h8,19H,5-7,9-15H2,1-4H3/p+1/t19-/m1/s1. The average Bonchev–Trinajstić information content (AvgIpc) is 3.35. The van der Waals surface area contributed by atoms with Gasteiger partial charge >= 0.3 is 0 Å². The number of nitrogens with zero attached hydrogens (tertiary/aromatic N) is 3. The van der Waals surface area contributed by atoms with Gasteiger partial charge in [-0.15, -0.1) is 0 Å². The molecule has 1 amide bonds. The molecule has 1 N–H and O–H groups in total. The summed E-state index contributed by atoms with van der Waals surface area (Å²) in [5.74, 6) is 0.604. The summed E-state index contributed by atoms with van der Waals surface area (Å²) in [5.41, 5.74) is 4.27. The van der Waals surface area contributed by atoms with Crippen LogP contribution >= 0.6 is 0 Å². The van der Waals surface area contributed by atoms with Crippen molar-refractivity contribution < 1.29 is 18.1 Å². The molecule has 7 nitrogen and oxygen atoms in total. The van der Waals surface area contributed by atoms with Gasteiger partial charge in [0.1, 0.15) is 6.54 Å². The number of sulfone groups is 1. The maximum Gasteiger partial charge on any atom is 0.281 e. The first-order chi connectivity index (χ1) is 13.7. The number of amides is 1. The van der Waals surface area contributed by atoms with Gasteiger partial charge in [0.25, 0.3) is 5.91 Å². The molecule has 0 bridgehead atoms. The maximum absolute atomic E-state index is 13.0. The number of quaternary nitrogens is 1. The molecule has 3 rings (SSSR count). The first-order valence-electron chi connectivity index (χ1n) is 10.8. The minimum Gasteiger partial charge on any atom is -0.326 e. The molecule has 0 saturated carbocycles. The number of nitrogens with one attached hydrogen (secondary N) is 1. The maximum atomic E-state index is 13.0. The van der Waals surface area contributed by atoms with Crippen molar-refractivity contribution in [3.8, 4) is 0 Å². The van der Waals surface area contributed by atoms with E-state index in [-0.39, 0.29) is 23.5 Å². The van der Waals surface area contributed by atoms with E-state index in [9.17, 15) is 13.2 Å². The van der Waals surface area contributed by atoms with Crippen LogP contribution in [0.15, 0.2) is 11.8 Å². The fraction of sp³-hybridized carbons (Fsp3) is 0.714. The number of hydrogen-bond donors (Lipinski definition) is 1. The van der Waals surface area contributed by atoms with Crippen LogP contribution in [0.1, 0.15) is 62.0 Å². The van der Waals surface area contributed by atoms with Crippen LogP contribution in [0.2, 0.25) is 0 Å². The van der Waals surface area contributed by atoms with Gasteiger partial charge in [0.2, 0.25) is 0 Å². The van der Waals surface area contributed by atoms with Crippen molar-refractivity contribution in [2.75, 3.05) is 31.6 Å². The molecule has 2 aliphatic rings. The average molecular weight is 424 g/mol. The van der Waals surface area contributed by atoms with E-state index in [2.05, 4.69) is 18.1 Å². The zero-order chi connectivity index (χ0) is 21.2. The van der Waals surface area contributed by atoms with Gasteiger partial charge in [-0.05, 0) is 46.0 Å². The largest absolute Gasteiger partial charge is 0.326 e. The smallest absolute Gasteiger partial charge is 0.281 e. The molecule has 1 aromatic heterocycles. The fourth-order valence-corrected chi connectivity index (χ4v) is 6.24. The number of likely N-dealkylation sites (N-methyl/N-ethyl adjacent to an activating group) is 1. The van der Waals surface area contributed by atoms with Gasteiger partial charge in [0, 0.05) is 17.9 Å². The molecule has 1 aromatic rings. The molecule has 1 saturated heterocycles. The van der Waals surface area contributed by atoms with Crippen molar-refractivity contribution in [2.45, 2.75) is 65.5 Å². The van der Waals surface area contributed by atoms with E-state index in [1.54, 1.807) is 0 Å². The third kappa shape index (κ3) is 5.09. The van der Waals surface area contributed by atoms with Crippen LogP contribution in [0.25, 0.3) is 0 Å². The number of carbonyl (C=O) groups is 1. The highest BCUT2D eigenvalue weighted by Crippen LogP contribution is 2.26. The van der Waals surface area contributed by atoms with Crippen LogP contribution in [-0.2, 0) is 21.2 Å². The summed E-state index contributed by atoms with van der Waals surface area (Å²) >= 11 is 0. The molecule has 0 aromatic carbocycles. The van der Waals surface area contributed by atoms with Gasteiger partial charge in [0.15, 0.2) is 16.4 Å². The third-order valence-electron chi connectivity index (χ3n) is 6.07. The molecule has 8 heteroatoms. The van der Waals surface area contributed by atoms with E-state index in [1.807, 2.05) is 30.5 Å². The van der Waals surface area contributed by atoms with Crippen LogP contribution in [0, 0.1) is 13.8 Å². The Morgan fingerprint density at radius 3 is 2.72 bits per heavy atom. The molecular weight excluding hydrogens is 388 g/mol. The molecule has 0 radical (unpaired) electrons. The first kappa shape index (κ1) is 22.0. The Hall–Kier alpha value is -1.67. The second kappa shape index (κ2) is 9.00. The number of allylic oxidation sites excluding steroid dienone is 2. The van der Waals surface area contributed by atoms with E-state index < -0.39 is 9.84 Å². The van der Waals surface area contributed by atoms with Gasteiger partial charge in [-0.1, -0.05) is 13.0 Å². The lowest BCUT2D eigenvalue weighted by molar-refractivity contribution is -0.885. The van der Waals surface area contributed by atoms with E-state index in [1.165, 1.54) is 5.70 Å². The van der Waals surface area contributed by atoms with Crippen molar-refractivity contribution in [1.82, 2.24) is 14.7 Å². The highest BCUT2D eigenvalue weighted by molar-refractivity contribution is 7.91. The normalized spacial score (nSPS) is 21.9. The minimum absolute atomic E-state index is 0.0660. The third-order valence-corrected chi connectivity index (χ3v) is 7.82. The Morgan fingerprint density at radius 2 is 2.14 bits per heavy atom. The fourth-order valence-electron chi connectivity index (χ4n) is 4.55. The number of aromatic nitrogens is 2. The summed E-state index contributed by atoms with van der Waals surface area (Å²) in [6.45, 7) is 8.04. The van der Waals surface area contributed by atoms with Crippen molar-refractivity contribution in [3.05, 3.63) is 28.7 Å². The molecular formula is C21H35N4O3S+. The molecule has 29 heavy (non-hydrogen) atoms. The summed E-state index contributed by atoms with van der Waals surface area (Å²) in [4.78, 5) is 16.1. The van der Waals surface area contributed by atoms with Gasteiger partial charge < -0.3 is 9.80 Å². The second-order valence-corrected chi connectivity index (χ2v) is 10.8. The lowest BCUT2D eigenvalue weighted by Gasteiger charge is -2.25. The van der Waals surface area contributed by atoms with Crippen LogP contribution in [0.4, 0.5) is 0 Å². The monoisotopic (exact) mass is 423 g/mol. The Kier molecular flexibility index (Phi) is 6.83. The Balaban J connectivity index is 1.67. The van der Waals surface area contributed by atoms with Crippen LogP contribution < -0.4 is 4.90 Å². The van der Waals surface area contributed by atoms with Crippen LogP contribution in [0.3, 0.4) is 0 Å². The van der Waals surface area contributed by atoms with Crippen molar-refractivity contribution in [3.63, 3.8) is 0 Å². The summed E-state index contributed by atoms with van der Waals surface area (Å²) in [5, 5.41) is 4.65. The molecule has 162 valence electrons. The molecule has 2 atom stereocenters. The topological polar surface area (TPSA) is 76.7 Å². The number of rotatable bonds is 8. The van der Waals surface area contributed by atoms with Gasteiger partial charge in [0.05, 0.1) is 35.9 Å². The van der Waals surface area contributed by atoms with Gasteiger partial charge in [-0.3, -0.25) is 9.48 Å². The SMILES string of the molecule is CCCN(C(=O)C[NH+](C)Cc1c(C)nn([C@@H]2CCS(=O)(=O)C2)c1C)C1=CCCC1. The number of aryl methyl sites for hydroxylation is 1. The highest BCUT2D eigenvalue weighted by Gasteiger charge is 2.32. The van der Waals surface area contributed by atoms with Crippen molar-refractivity contribution >= 4 is 15.7 Å². The summed E-state index contributed by atoms with van der Waals surface area (Å²) in [6, 6.07) is -0.0660. The Bertz CT molecular complexity index is 888. The summed E-state index contributed by atoms with van der Waals surface area (Å²) < 4.78 is 25.6. The minimum atomic E-state index is -2.95. The summed E-state index contributed by atoms with van der Waals surface area (Å²) in [6.07, 6.45) is 7.00. The lowest BCUT2D eigenvalue weighted by atomic mass is 10.1. The van der Waals surface area contributed by atoms with Crippen molar-refractivity contribution in [2.24, 2.45) is 0 Å². The van der Waals surface area contributed by atoms with Crippen LogP contribution in [-0.4, -0.2) is 60.6 Å². The zero-order valence-electron chi connectivity index (χ0n) is 18.2. The van der Waals surface area contributed by atoms with Gasteiger partial charge in [-0.25, -0.2) is 8.42 Å². The number of carbonyl (C=O) groups excluding carboxylic acids is 1. The predicted octanol–water partition coefficient (Wildman–Crippen LogP) is 1.18. The Labute approximate surface area is 174 Å². The second-order valence-electron chi connectivity index (χ2n) is 8.59. The van der Waals surface area contributed by atoms with E-state index >= 15 is 0 Å². The highest BCUT2D eigenvalue weighted by atomic mass is 32.2. The van der Waals surface area contributed by atoms with E-state index in [0.717, 1.165) is 54.1 Å². The number of hydrogen-bond acceptors (Lipinski definition) is 4. The van der Waals surface area contributed by atoms with E-state index in [0.29, 0.717) is 19.5 Å². The lowest BCUT2D eigenvalue weighted by Crippen LogP contribution is -3.09. The van der Waals surface area contributed by atoms with E-state index in [4.69, 9.17) is 0 Å². The zero-order valence-corrected chi connectivity index (χ0v) is 19.0. The molecule has 0 spiro atoms. The molecule has 1 aliphatic carbocycles. The molecule has 1 unspecified atom stereocenters. The summed E-state index contributed by atoms with van der Waals surface area (Å²) in [7, 11) is -0.905. The Morgan fingerprint density at radius 1 is 1.38 bits per heavy atom. The first-order valence-corrected chi connectivity index (χ1v) is 12.6.